The molecule has 102 valence electrons. The van der Waals surface area contributed by atoms with Crippen molar-refractivity contribution in [3.63, 3.8) is 0 Å². The van der Waals surface area contributed by atoms with Crippen LogP contribution in [0.15, 0.2) is 37.1 Å². The lowest BCUT2D eigenvalue weighted by Gasteiger charge is -2.27. The van der Waals surface area contributed by atoms with E-state index in [0.717, 1.165) is 12.8 Å². The predicted octanol–water partition coefficient (Wildman–Crippen LogP) is 5.13. The van der Waals surface area contributed by atoms with Crippen LogP contribution < -0.4 is 4.90 Å². The summed E-state index contributed by atoms with van der Waals surface area (Å²) in [6, 6.07) is 6.76. The molecule has 1 heterocycles. The third kappa shape index (κ3) is 2.01. The molecule has 1 aliphatic heterocycles. The third-order valence-corrected chi connectivity index (χ3v) is 4.58. The maximum absolute atomic E-state index is 4.32. The summed E-state index contributed by atoms with van der Waals surface area (Å²) in [6.07, 6.45) is 3.32. The molecule has 1 aromatic carbocycles. The van der Waals surface area contributed by atoms with E-state index in [1.165, 1.54) is 34.5 Å². The van der Waals surface area contributed by atoms with Gasteiger partial charge in [0.05, 0.1) is 0 Å². The fraction of sp³-hybridized carbons (Fsp3) is 0.444. The van der Waals surface area contributed by atoms with Crippen LogP contribution in [-0.4, -0.2) is 7.05 Å². The average molecular weight is 255 g/mol. The summed E-state index contributed by atoms with van der Waals surface area (Å²) in [5.41, 5.74) is 6.46. The number of rotatable bonds is 4. The van der Waals surface area contributed by atoms with E-state index in [1.54, 1.807) is 0 Å². The van der Waals surface area contributed by atoms with Gasteiger partial charge in [-0.2, -0.15) is 0 Å². The minimum absolute atomic E-state index is 0.0882. The quantitative estimate of drug-likeness (QED) is 0.720. The molecule has 0 N–H and O–H groups in total. The van der Waals surface area contributed by atoms with Crippen molar-refractivity contribution in [3.8, 4) is 0 Å². The maximum atomic E-state index is 4.32. The fourth-order valence-electron chi connectivity index (χ4n) is 3.15. The highest BCUT2D eigenvalue weighted by atomic mass is 15.2. The second kappa shape index (κ2) is 4.88. The van der Waals surface area contributed by atoms with E-state index >= 15 is 0 Å². The first-order chi connectivity index (χ1) is 8.95. The van der Waals surface area contributed by atoms with E-state index < -0.39 is 0 Å². The number of anilines is 1. The first-order valence-corrected chi connectivity index (χ1v) is 7.21. The summed E-state index contributed by atoms with van der Waals surface area (Å²) < 4.78 is 0. The van der Waals surface area contributed by atoms with Gasteiger partial charge in [-0.1, -0.05) is 45.6 Å². The fourth-order valence-corrected chi connectivity index (χ4v) is 3.15. The lowest BCUT2D eigenvalue weighted by atomic mass is 9.78. The highest BCUT2D eigenvalue weighted by Gasteiger charge is 2.40. The minimum atomic E-state index is 0.0882. The van der Waals surface area contributed by atoms with Crippen molar-refractivity contribution in [1.82, 2.24) is 0 Å². The second-order valence-electron chi connectivity index (χ2n) is 5.78. The molecular weight excluding hydrogens is 230 g/mol. The maximum Gasteiger partial charge on any atom is 0.0454 e. The minimum Gasteiger partial charge on any atom is -0.348 e. The Morgan fingerprint density at radius 2 is 2.00 bits per heavy atom. The summed E-state index contributed by atoms with van der Waals surface area (Å²) in [7, 11) is 2.13. The smallest absolute Gasteiger partial charge is 0.0454 e. The molecule has 1 nitrogen and oxygen atoms in total. The van der Waals surface area contributed by atoms with Gasteiger partial charge in [0.15, 0.2) is 0 Å². The average Bonchev–Trinajstić information content (AvgIpc) is 2.60. The third-order valence-electron chi connectivity index (χ3n) is 4.58. The first-order valence-electron chi connectivity index (χ1n) is 7.21. The summed E-state index contributed by atoms with van der Waals surface area (Å²) in [5, 5.41) is 0. The Kier molecular flexibility index (Phi) is 3.58. The molecule has 0 bridgehead atoms. The van der Waals surface area contributed by atoms with Gasteiger partial charge < -0.3 is 4.90 Å². The SMILES string of the molecule is C=C(CC)c1ccc2c(c1)N(C)C(=C)C2(C)CCC. The van der Waals surface area contributed by atoms with Crippen LogP contribution in [0.1, 0.15) is 51.2 Å². The Morgan fingerprint density at radius 3 is 2.58 bits per heavy atom. The molecule has 19 heavy (non-hydrogen) atoms. The number of hydrogen-bond donors (Lipinski definition) is 0. The van der Waals surface area contributed by atoms with Gasteiger partial charge in [-0.05, 0) is 42.5 Å². The molecule has 0 spiro atoms. The Labute approximate surface area is 117 Å². The van der Waals surface area contributed by atoms with Gasteiger partial charge in [-0.15, -0.1) is 0 Å². The lowest BCUT2D eigenvalue weighted by Crippen LogP contribution is -2.25. The van der Waals surface area contributed by atoms with Crippen molar-refractivity contribution >= 4 is 11.3 Å². The summed E-state index contributed by atoms with van der Waals surface area (Å²) in [4.78, 5) is 2.25. The summed E-state index contributed by atoms with van der Waals surface area (Å²) in [5.74, 6) is 0. The zero-order valence-electron chi connectivity index (χ0n) is 12.7. The van der Waals surface area contributed by atoms with Gasteiger partial charge in [0, 0.05) is 23.8 Å². The van der Waals surface area contributed by atoms with E-state index in [-0.39, 0.29) is 5.41 Å². The molecule has 0 aliphatic carbocycles. The number of hydrogen-bond acceptors (Lipinski definition) is 1. The van der Waals surface area contributed by atoms with E-state index in [0.29, 0.717) is 0 Å². The van der Waals surface area contributed by atoms with Crippen LogP contribution in [0.25, 0.3) is 5.57 Å². The van der Waals surface area contributed by atoms with Crippen molar-refractivity contribution in [2.75, 3.05) is 11.9 Å². The zero-order chi connectivity index (χ0) is 14.2. The van der Waals surface area contributed by atoms with Crippen molar-refractivity contribution in [1.29, 1.82) is 0 Å². The molecule has 0 fully saturated rings. The molecule has 1 aromatic rings. The summed E-state index contributed by atoms with van der Waals surface area (Å²) in [6.45, 7) is 15.2. The molecule has 2 rings (SSSR count). The van der Waals surface area contributed by atoms with Gasteiger partial charge >= 0.3 is 0 Å². The van der Waals surface area contributed by atoms with E-state index in [4.69, 9.17) is 0 Å². The Balaban J connectivity index is 2.53. The predicted molar refractivity (Wildman–Crippen MR) is 85.6 cm³/mol. The van der Waals surface area contributed by atoms with Crippen molar-refractivity contribution in [3.05, 3.63) is 48.2 Å². The van der Waals surface area contributed by atoms with E-state index in [2.05, 4.69) is 64.1 Å². The Hall–Kier alpha value is -1.50. The largest absolute Gasteiger partial charge is 0.348 e. The standard InChI is InChI=1S/C18H25N/c1-7-11-18(5)14(4)19(6)17-12-15(13(3)8-2)9-10-16(17)18/h9-10,12H,3-4,7-8,11H2,1-2,5-6H3. The van der Waals surface area contributed by atoms with Crippen molar-refractivity contribution < 1.29 is 0 Å². The van der Waals surface area contributed by atoms with Crippen LogP contribution in [0.4, 0.5) is 5.69 Å². The topological polar surface area (TPSA) is 3.24 Å². The molecule has 0 amide bonds. The van der Waals surface area contributed by atoms with Gasteiger partial charge in [0.1, 0.15) is 0 Å². The van der Waals surface area contributed by atoms with Crippen molar-refractivity contribution in [2.24, 2.45) is 0 Å². The highest BCUT2D eigenvalue weighted by Crippen LogP contribution is 2.49. The second-order valence-corrected chi connectivity index (χ2v) is 5.78. The van der Waals surface area contributed by atoms with Crippen LogP contribution in [0.2, 0.25) is 0 Å². The molecule has 0 saturated carbocycles. The van der Waals surface area contributed by atoms with Gasteiger partial charge in [-0.3, -0.25) is 0 Å². The number of likely N-dealkylation sites (N-methyl/N-ethyl adjacent to an activating group) is 1. The zero-order valence-corrected chi connectivity index (χ0v) is 12.7. The van der Waals surface area contributed by atoms with Crippen LogP contribution >= 0.6 is 0 Å². The van der Waals surface area contributed by atoms with Crippen LogP contribution in [0, 0.1) is 0 Å². The van der Waals surface area contributed by atoms with Crippen molar-refractivity contribution in [2.45, 2.75) is 45.4 Å². The van der Waals surface area contributed by atoms with E-state index in [1.807, 2.05) is 0 Å². The Bertz CT molecular complexity index is 526. The molecular formula is C18H25N. The van der Waals surface area contributed by atoms with Gasteiger partial charge in [0.25, 0.3) is 0 Å². The molecule has 0 saturated heterocycles. The van der Waals surface area contributed by atoms with Crippen LogP contribution in [0.5, 0.6) is 0 Å². The first kappa shape index (κ1) is 13.9. The van der Waals surface area contributed by atoms with E-state index in [9.17, 15) is 0 Å². The molecule has 1 unspecified atom stereocenters. The van der Waals surface area contributed by atoms with Crippen LogP contribution in [-0.2, 0) is 5.41 Å². The van der Waals surface area contributed by atoms with Crippen LogP contribution in [0.3, 0.4) is 0 Å². The number of benzene rings is 1. The number of allylic oxidation sites excluding steroid dienone is 2. The van der Waals surface area contributed by atoms with Gasteiger partial charge in [0.2, 0.25) is 0 Å². The molecule has 0 radical (unpaired) electrons. The highest BCUT2D eigenvalue weighted by molar-refractivity contribution is 5.75. The normalized spacial score (nSPS) is 21.7. The summed E-state index contributed by atoms with van der Waals surface area (Å²) >= 11 is 0. The molecule has 1 aliphatic rings. The molecule has 0 aromatic heterocycles. The number of nitrogens with zero attached hydrogens (tertiary/aromatic N) is 1. The van der Waals surface area contributed by atoms with Gasteiger partial charge in [-0.25, -0.2) is 0 Å². The Morgan fingerprint density at radius 1 is 1.32 bits per heavy atom. The molecule has 1 heteroatoms. The molecule has 1 atom stereocenters. The number of fused-ring (bicyclic) bond motifs is 1. The monoisotopic (exact) mass is 255 g/mol. The lowest BCUT2D eigenvalue weighted by molar-refractivity contribution is 0.514.